The monoisotopic (exact) mass is 268 g/mol. The number of benzene rings is 1. The molecule has 0 N–H and O–H groups in total. The van der Waals surface area contributed by atoms with E-state index in [1.54, 1.807) is 0 Å². The Morgan fingerprint density at radius 2 is 1.82 bits per heavy atom. The first-order valence-electron chi connectivity index (χ1n) is 6.09. The molecular weight excluding hydrogens is 252 g/mol. The number of carbonyl (C=O) groups is 1. The van der Waals surface area contributed by atoms with E-state index in [4.69, 9.17) is 11.6 Å². The van der Waals surface area contributed by atoms with E-state index in [9.17, 15) is 4.79 Å². The van der Waals surface area contributed by atoms with Crippen molar-refractivity contribution in [3.05, 3.63) is 34.9 Å². The van der Waals surface area contributed by atoms with Crippen molar-refractivity contribution in [1.29, 1.82) is 0 Å². The molecule has 1 aliphatic carbocycles. The van der Waals surface area contributed by atoms with E-state index in [1.807, 2.05) is 23.9 Å². The Kier molecular flexibility index (Phi) is 4.93. The van der Waals surface area contributed by atoms with Crippen LogP contribution >= 0.6 is 23.4 Å². The van der Waals surface area contributed by atoms with Crippen molar-refractivity contribution in [1.82, 2.24) is 0 Å². The molecule has 0 atom stereocenters. The second-order valence-electron chi connectivity index (χ2n) is 4.61. The van der Waals surface area contributed by atoms with E-state index in [0.29, 0.717) is 5.92 Å². The van der Waals surface area contributed by atoms with Gasteiger partial charge in [-0.25, -0.2) is 0 Å². The molecule has 0 heterocycles. The van der Waals surface area contributed by atoms with Gasteiger partial charge < -0.3 is 4.79 Å². The Morgan fingerprint density at radius 1 is 1.18 bits per heavy atom. The Bertz CT molecular complexity index is 355. The minimum absolute atomic E-state index is 0.322. The molecule has 1 aromatic rings. The molecule has 0 saturated heterocycles. The molecule has 0 bridgehead atoms. The van der Waals surface area contributed by atoms with E-state index < -0.39 is 0 Å². The van der Waals surface area contributed by atoms with Crippen molar-refractivity contribution in [2.75, 3.05) is 0 Å². The molecule has 3 heteroatoms. The van der Waals surface area contributed by atoms with E-state index in [1.165, 1.54) is 18.4 Å². The first-order chi connectivity index (χ1) is 8.28. The maximum absolute atomic E-state index is 10.7. The molecule has 0 aromatic heterocycles. The zero-order chi connectivity index (χ0) is 12.1. The standard InChI is InChI=1S/C14H17ClOS/c15-13-5-1-12(2-6-13)10-17-14-7-3-11(9-16)4-8-14/h1-2,5-6,9,11,14H,3-4,7-8,10H2/t11-,14-. The summed E-state index contributed by atoms with van der Waals surface area (Å²) in [6, 6.07) is 8.07. The zero-order valence-corrected chi connectivity index (χ0v) is 11.3. The highest BCUT2D eigenvalue weighted by Gasteiger charge is 2.20. The average Bonchev–Trinajstić information content (AvgIpc) is 2.39. The Hall–Kier alpha value is -0.470. The van der Waals surface area contributed by atoms with Gasteiger partial charge in [0.05, 0.1) is 0 Å². The molecule has 0 radical (unpaired) electrons. The Morgan fingerprint density at radius 3 is 2.41 bits per heavy atom. The van der Waals surface area contributed by atoms with Crippen LogP contribution in [0.15, 0.2) is 24.3 Å². The van der Waals surface area contributed by atoms with Crippen LogP contribution in [0, 0.1) is 5.92 Å². The van der Waals surface area contributed by atoms with Crippen LogP contribution in [0.5, 0.6) is 0 Å². The van der Waals surface area contributed by atoms with Gasteiger partial charge in [-0.1, -0.05) is 23.7 Å². The summed E-state index contributed by atoms with van der Waals surface area (Å²) >= 11 is 7.86. The predicted molar refractivity (Wildman–Crippen MR) is 74.6 cm³/mol. The van der Waals surface area contributed by atoms with Crippen LogP contribution in [-0.2, 0) is 10.5 Å². The highest BCUT2D eigenvalue weighted by atomic mass is 35.5. The SMILES string of the molecule is O=C[C@H]1CC[C@H](SCc2ccc(Cl)cc2)CC1. The summed E-state index contributed by atoms with van der Waals surface area (Å²) in [7, 11) is 0. The van der Waals surface area contributed by atoms with Gasteiger partial charge in [-0.2, -0.15) is 11.8 Å². The summed E-state index contributed by atoms with van der Waals surface area (Å²) in [6.45, 7) is 0. The largest absolute Gasteiger partial charge is 0.303 e. The van der Waals surface area contributed by atoms with Crippen LogP contribution in [0.2, 0.25) is 5.02 Å². The summed E-state index contributed by atoms with van der Waals surface area (Å²) in [5.41, 5.74) is 1.33. The van der Waals surface area contributed by atoms with Gasteiger partial charge in [0.1, 0.15) is 6.29 Å². The molecule has 1 nitrogen and oxygen atoms in total. The second-order valence-corrected chi connectivity index (χ2v) is 6.34. The molecule has 1 fully saturated rings. The van der Waals surface area contributed by atoms with Crippen molar-refractivity contribution in [2.24, 2.45) is 5.92 Å². The lowest BCUT2D eigenvalue weighted by Crippen LogP contribution is -2.17. The normalized spacial score (nSPS) is 24.5. The van der Waals surface area contributed by atoms with Gasteiger partial charge >= 0.3 is 0 Å². The van der Waals surface area contributed by atoms with Gasteiger partial charge in [0, 0.05) is 21.9 Å². The lowest BCUT2D eigenvalue weighted by molar-refractivity contribution is -0.111. The van der Waals surface area contributed by atoms with E-state index in [2.05, 4.69) is 12.1 Å². The number of carbonyl (C=O) groups excluding carboxylic acids is 1. The van der Waals surface area contributed by atoms with Crippen LogP contribution in [0.3, 0.4) is 0 Å². The quantitative estimate of drug-likeness (QED) is 0.756. The summed E-state index contributed by atoms with van der Waals surface area (Å²) in [6.07, 6.45) is 5.63. The minimum atomic E-state index is 0.322. The summed E-state index contributed by atoms with van der Waals surface area (Å²) < 4.78 is 0. The van der Waals surface area contributed by atoms with Crippen LogP contribution in [-0.4, -0.2) is 11.5 Å². The third kappa shape index (κ3) is 4.04. The zero-order valence-electron chi connectivity index (χ0n) is 9.77. The Labute approximate surface area is 112 Å². The lowest BCUT2D eigenvalue weighted by Gasteiger charge is -2.24. The van der Waals surface area contributed by atoms with Gasteiger partial charge in [0.2, 0.25) is 0 Å². The molecule has 17 heavy (non-hydrogen) atoms. The van der Waals surface area contributed by atoms with Crippen molar-refractivity contribution in [2.45, 2.75) is 36.7 Å². The van der Waals surface area contributed by atoms with Gasteiger partial charge in [-0.05, 0) is 43.4 Å². The molecular formula is C14H17ClOS. The number of aldehydes is 1. The fraction of sp³-hybridized carbons (Fsp3) is 0.500. The van der Waals surface area contributed by atoms with Crippen molar-refractivity contribution in [3.63, 3.8) is 0 Å². The molecule has 1 saturated carbocycles. The first kappa shape index (κ1) is 13.0. The molecule has 0 unspecified atom stereocenters. The van der Waals surface area contributed by atoms with Crippen molar-refractivity contribution >= 4 is 29.6 Å². The second kappa shape index (κ2) is 6.46. The molecule has 1 aromatic carbocycles. The molecule has 0 spiro atoms. The third-order valence-corrected chi connectivity index (χ3v) is 5.01. The fourth-order valence-corrected chi connectivity index (χ4v) is 3.54. The van der Waals surface area contributed by atoms with Gasteiger partial charge in [-0.3, -0.25) is 0 Å². The van der Waals surface area contributed by atoms with Crippen LogP contribution in [0.25, 0.3) is 0 Å². The van der Waals surface area contributed by atoms with E-state index in [-0.39, 0.29) is 0 Å². The number of halogens is 1. The highest BCUT2D eigenvalue weighted by molar-refractivity contribution is 7.99. The number of hydrogen-bond acceptors (Lipinski definition) is 2. The van der Waals surface area contributed by atoms with Crippen molar-refractivity contribution in [3.8, 4) is 0 Å². The smallest absolute Gasteiger partial charge is 0.123 e. The third-order valence-electron chi connectivity index (χ3n) is 3.31. The molecule has 1 aliphatic rings. The molecule has 92 valence electrons. The van der Waals surface area contributed by atoms with Crippen LogP contribution in [0.1, 0.15) is 31.2 Å². The van der Waals surface area contributed by atoms with Crippen LogP contribution in [0.4, 0.5) is 0 Å². The topological polar surface area (TPSA) is 17.1 Å². The maximum Gasteiger partial charge on any atom is 0.123 e. The number of hydrogen-bond donors (Lipinski definition) is 0. The highest BCUT2D eigenvalue weighted by Crippen LogP contribution is 2.32. The Balaban J connectivity index is 1.75. The molecule has 0 amide bonds. The predicted octanol–water partition coefficient (Wildman–Crippen LogP) is 4.33. The summed E-state index contributed by atoms with van der Waals surface area (Å²) in [4.78, 5) is 10.7. The maximum atomic E-state index is 10.7. The van der Waals surface area contributed by atoms with Gasteiger partial charge in [0.25, 0.3) is 0 Å². The average molecular weight is 269 g/mol. The van der Waals surface area contributed by atoms with Gasteiger partial charge in [0.15, 0.2) is 0 Å². The van der Waals surface area contributed by atoms with E-state index in [0.717, 1.165) is 35.2 Å². The summed E-state index contributed by atoms with van der Waals surface area (Å²) in [5, 5.41) is 1.52. The fourth-order valence-electron chi connectivity index (χ4n) is 2.19. The lowest BCUT2D eigenvalue weighted by atomic mass is 9.90. The molecule has 2 rings (SSSR count). The summed E-state index contributed by atoms with van der Waals surface area (Å²) in [5.74, 6) is 1.37. The first-order valence-corrected chi connectivity index (χ1v) is 7.52. The molecule has 0 aliphatic heterocycles. The van der Waals surface area contributed by atoms with Gasteiger partial charge in [-0.15, -0.1) is 0 Å². The van der Waals surface area contributed by atoms with Crippen LogP contribution < -0.4 is 0 Å². The number of thioether (sulfide) groups is 1. The van der Waals surface area contributed by atoms with E-state index >= 15 is 0 Å². The number of rotatable bonds is 4. The minimum Gasteiger partial charge on any atom is -0.303 e. The van der Waals surface area contributed by atoms with Crippen molar-refractivity contribution < 1.29 is 4.79 Å².